The van der Waals surface area contributed by atoms with Crippen LogP contribution in [0, 0.1) is 0 Å². The Morgan fingerprint density at radius 3 is 2.45 bits per heavy atom. The topological polar surface area (TPSA) is 72.7 Å². The predicted molar refractivity (Wildman–Crippen MR) is 128 cm³/mol. The second-order valence-electron chi connectivity index (χ2n) is 6.76. The molecule has 4 rings (SSSR count). The van der Waals surface area contributed by atoms with Crippen LogP contribution in [0.5, 0.6) is 17.2 Å². The molecule has 1 amide bonds. The molecule has 0 fully saturated rings. The summed E-state index contributed by atoms with van der Waals surface area (Å²) in [5.74, 6) is 1.83. The first-order valence-corrected chi connectivity index (χ1v) is 10.5. The molecular formula is C23H20IN3O4. The Labute approximate surface area is 193 Å². The molecule has 2 aromatic rings. The molecule has 0 aliphatic carbocycles. The minimum absolute atomic E-state index is 0.314. The van der Waals surface area contributed by atoms with Gasteiger partial charge in [0.2, 0.25) is 5.75 Å². The van der Waals surface area contributed by atoms with Crippen LogP contribution in [-0.2, 0) is 6.54 Å². The van der Waals surface area contributed by atoms with Crippen LogP contribution in [0.1, 0.15) is 21.5 Å². The van der Waals surface area contributed by atoms with Crippen LogP contribution >= 0.6 is 22.6 Å². The molecule has 0 radical (unpaired) electrons. The molecule has 2 aliphatic heterocycles. The third kappa shape index (κ3) is 4.20. The van der Waals surface area contributed by atoms with Crippen LogP contribution in [-0.4, -0.2) is 43.8 Å². The van der Waals surface area contributed by atoms with Crippen LogP contribution in [0.4, 0.5) is 0 Å². The summed E-state index contributed by atoms with van der Waals surface area (Å²) < 4.78 is 17.2. The lowest BCUT2D eigenvalue weighted by Crippen LogP contribution is -2.24. The van der Waals surface area contributed by atoms with Crippen molar-refractivity contribution in [1.29, 1.82) is 0 Å². The highest BCUT2D eigenvalue weighted by Gasteiger charge is 2.23. The number of rotatable bonds is 4. The van der Waals surface area contributed by atoms with Gasteiger partial charge < -0.3 is 19.1 Å². The number of benzene rings is 2. The van der Waals surface area contributed by atoms with Crippen LogP contribution in [0.2, 0.25) is 0 Å². The van der Waals surface area contributed by atoms with Gasteiger partial charge >= 0.3 is 0 Å². The summed E-state index contributed by atoms with van der Waals surface area (Å²) in [4.78, 5) is 24.3. The number of amidine groups is 2. The number of carbonyl (C=O) groups excluding carboxylic acids is 1. The zero-order valence-electron chi connectivity index (χ0n) is 17.3. The number of carbonyl (C=O) groups is 1. The van der Waals surface area contributed by atoms with Gasteiger partial charge in [0.1, 0.15) is 5.84 Å². The minimum Gasteiger partial charge on any atom is -0.493 e. The van der Waals surface area contributed by atoms with Crippen molar-refractivity contribution >= 4 is 40.2 Å². The number of halogens is 1. The second-order valence-corrected chi connectivity index (χ2v) is 8.00. The number of nitrogens with zero attached hydrogens (tertiary/aromatic N) is 3. The first-order valence-electron chi connectivity index (χ1n) is 9.46. The molecule has 0 saturated carbocycles. The lowest BCUT2D eigenvalue weighted by Gasteiger charge is -2.21. The number of hydrogen-bond donors (Lipinski definition) is 0. The summed E-state index contributed by atoms with van der Waals surface area (Å²) in [6.07, 6.45) is 5.93. The number of ether oxygens (including phenoxy) is 3. The van der Waals surface area contributed by atoms with E-state index in [2.05, 4.69) is 27.6 Å². The highest BCUT2D eigenvalue weighted by Crippen LogP contribution is 2.38. The van der Waals surface area contributed by atoms with Crippen LogP contribution in [0.15, 0.2) is 68.3 Å². The van der Waals surface area contributed by atoms with Gasteiger partial charge in [-0.1, -0.05) is 24.3 Å². The molecule has 158 valence electrons. The van der Waals surface area contributed by atoms with E-state index in [9.17, 15) is 4.79 Å². The number of methoxy groups -OCH3 is 3. The van der Waals surface area contributed by atoms with Gasteiger partial charge in [0.15, 0.2) is 17.3 Å². The maximum atomic E-state index is 13.1. The lowest BCUT2D eigenvalue weighted by molar-refractivity contribution is 0.100. The summed E-state index contributed by atoms with van der Waals surface area (Å²) in [6.45, 7) is 0.642. The Morgan fingerprint density at radius 1 is 1.06 bits per heavy atom. The van der Waals surface area contributed by atoms with Gasteiger partial charge in [0, 0.05) is 27.5 Å². The molecule has 0 spiro atoms. The fraction of sp³-hybridized carbons (Fsp3) is 0.174. The Kier molecular flexibility index (Phi) is 6.08. The Morgan fingerprint density at radius 2 is 1.77 bits per heavy atom. The zero-order chi connectivity index (χ0) is 22.0. The maximum Gasteiger partial charge on any atom is 0.279 e. The van der Waals surface area contributed by atoms with Crippen molar-refractivity contribution in [2.24, 2.45) is 9.98 Å². The van der Waals surface area contributed by atoms with Crippen molar-refractivity contribution in [1.82, 2.24) is 4.90 Å². The Hall–Kier alpha value is -3.14. The highest BCUT2D eigenvalue weighted by molar-refractivity contribution is 14.1. The standard InChI is InChI=1S/C23H20IN3O4/c1-29-18-10-15(11-19(30-2)21(18)31-3)23(28)26-22-17-7-5-4-6-14(17)12-27-13-16(24)8-9-20(27)25-22/h4-11,13H,12H2,1-3H3. The normalized spacial score (nSPS) is 16.0. The first-order chi connectivity index (χ1) is 15.0. The lowest BCUT2D eigenvalue weighted by atomic mass is 10.1. The molecule has 2 heterocycles. The van der Waals surface area contributed by atoms with E-state index in [0.29, 0.717) is 35.2 Å². The van der Waals surface area contributed by atoms with Crippen LogP contribution < -0.4 is 14.2 Å². The third-order valence-electron chi connectivity index (χ3n) is 4.90. The first kappa shape index (κ1) is 21.1. The van der Waals surface area contributed by atoms with Gasteiger partial charge in [-0.05, 0) is 52.4 Å². The maximum absolute atomic E-state index is 13.1. The summed E-state index contributed by atoms with van der Waals surface area (Å²) in [5.41, 5.74) is 2.17. The molecular weight excluding hydrogens is 509 g/mol. The van der Waals surface area contributed by atoms with E-state index in [1.807, 2.05) is 47.5 Å². The van der Waals surface area contributed by atoms with Gasteiger partial charge in [-0.25, -0.2) is 4.99 Å². The fourth-order valence-electron chi connectivity index (χ4n) is 3.42. The minimum atomic E-state index is -0.452. The highest BCUT2D eigenvalue weighted by atomic mass is 127. The van der Waals surface area contributed by atoms with Crippen LogP contribution in [0.3, 0.4) is 0 Å². The number of allylic oxidation sites excluding steroid dienone is 2. The molecule has 31 heavy (non-hydrogen) atoms. The van der Waals surface area contributed by atoms with E-state index in [1.54, 1.807) is 12.1 Å². The van der Waals surface area contributed by atoms with Crippen molar-refractivity contribution < 1.29 is 19.0 Å². The number of hydrogen-bond acceptors (Lipinski definition) is 5. The Balaban J connectivity index is 1.81. The van der Waals surface area contributed by atoms with Gasteiger partial charge in [0.25, 0.3) is 5.91 Å². The molecule has 0 N–H and O–H groups in total. The zero-order valence-corrected chi connectivity index (χ0v) is 19.4. The quantitative estimate of drug-likeness (QED) is 0.551. The average Bonchev–Trinajstić information content (AvgIpc) is 2.94. The number of fused-ring (bicyclic) bond motifs is 2. The van der Waals surface area contributed by atoms with Gasteiger partial charge in [-0.2, -0.15) is 4.99 Å². The van der Waals surface area contributed by atoms with Gasteiger partial charge in [-0.15, -0.1) is 0 Å². The molecule has 0 aromatic heterocycles. The summed E-state index contributed by atoms with van der Waals surface area (Å²) in [6, 6.07) is 11.0. The largest absolute Gasteiger partial charge is 0.493 e. The second kappa shape index (κ2) is 8.93. The number of aliphatic imine (C=N–C) groups is 2. The van der Waals surface area contributed by atoms with E-state index >= 15 is 0 Å². The van der Waals surface area contributed by atoms with Crippen molar-refractivity contribution in [3.63, 3.8) is 0 Å². The number of amides is 1. The Bertz CT molecular complexity index is 1140. The van der Waals surface area contributed by atoms with E-state index in [4.69, 9.17) is 19.2 Å². The molecule has 8 heteroatoms. The smallest absolute Gasteiger partial charge is 0.279 e. The van der Waals surface area contributed by atoms with E-state index in [-0.39, 0.29) is 0 Å². The van der Waals surface area contributed by atoms with E-state index < -0.39 is 5.91 Å². The molecule has 2 aliphatic rings. The molecule has 2 aromatic carbocycles. The molecule has 0 saturated heterocycles. The molecule has 0 unspecified atom stereocenters. The van der Waals surface area contributed by atoms with E-state index in [1.165, 1.54) is 21.3 Å². The summed E-state index contributed by atoms with van der Waals surface area (Å²) >= 11 is 2.27. The molecule has 0 bridgehead atoms. The fourth-order valence-corrected chi connectivity index (χ4v) is 3.93. The van der Waals surface area contributed by atoms with Crippen molar-refractivity contribution in [2.45, 2.75) is 6.54 Å². The molecule has 7 nitrogen and oxygen atoms in total. The van der Waals surface area contributed by atoms with Crippen LogP contribution in [0.25, 0.3) is 0 Å². The SMILES string of the molecule is COc1cc(C(=O)N=C2N=C3C=CC(I)=CN3Cc3ccccc32)cc(OC)c1OC. The van der Waals surface area contributed by atoms with Gasteiger partial charge in [0.05, 0.1) is 21.3 Å². The van der Waals surface area contributed by atoms with Crippen molar-refractivity contribution in [3.8, 4) is 17.2 Å². The monoisotopic (exact) mass is 529 g/mol. The summed E-state index contributed by atoms with van der Waals surface area (Å²) in [7, 11) is 4.52. The van der Waals surface area contributed by atoms with Crippen molar-refractivity contribution in [3.05, 3.63) is 75.0 Å². The van der Waals surface area contributed by atoms with E-state index in [0.717, 1.165) is 20.5 Å². The third-order valence-corrected chi connectivity index (χ3v) is 5.54. The van der Waals surface area contributed by atoms with Crippen molar-refractivity contribution in [2.75, 3.05) is 21.3 Å². The van der Waals surface area contributed by atoms with Gasteiger partial charge in [-0.3, -0.25) is 4.79 Å². The molecule has 0 atom stereocenters. The summed E-state index contributed by atoms with van der Waals surface area (Å²) in [5, 5.41) is 0. The average molecular weight is 529 g/mol. The predicted octanol–water partition coefficient (Wildman–Crippen LogP) is 4.36.